The van der Waals surface area contributed by atoms with E-state index < -0.39 is 0 Å². The molecular formula is C15H19N3O. The Labute approximate surface area is 113 Å². The molecule has 0 aromatic heterocycles. The number of nitrogens with zero attached hydrogens (tertiary/aromatic N) is 2. The zero-order valence-electron chi connectivity index (χ0n) is 10.9. The van der Waals surface area contributed by atoms with Crippen molar-refractivity contribution in [1.82, 2.24) is 0 Å². The van der Waals surface area contributed by atoms with Gasteiger partial charge in [-0.05, 0) is 42.5 Å². The number of nitrogens with two attached hydrogens (primary N) is 1. The van der Waals surface area contributed by atoms with Gasteiger partial charge < -0.3 is 15.7 Å². The van der Waals surface area contributed by atoms with E-state index in [1.165, 1.54) is 0 Å². The zero-order valence-corrected chi connectivity index (χ0v) is 10.9. The largest absolute Gasteiger partial charge is 0.398 e. The molecule has 0 spiro atoms. The molecule has 1 aromatic carbocycles. The van der Waals surface area contributed by atoms with Crippen LogP contribution in [0, 0.1) is 23.2 Å². The van der Waals surface area contributed by atoms with Crippen molar-refractivity contribution in [3.8, 4) is 6.07 Å². The van der Waals surface area contributed by atoms with Crippen molar-refractivity contribution in [3.63, 3.8) is 0 Å². The fraction of sp³-hybridized carbons (Fsp3) is 0.533. The van der Waals surface area contributed by atoms with Crippen LogP contribution >= 0.6 is 0 Å². The Morgan fingerprint density at radius 1 is 1.37 bits per heavy atom. The zero-order chi connectivity index (χ0) is 13.4. The number of anilines is 2. The molecule has 1 saturated carbocycles. The molecule has 0 radical (unpaired) electrons. The summed E-state index contributed by atoms with van der Waals surface area (Å²) in [7, 11) is 0. The monoisotopic (exact) mass is 257 g/mol. The average Bonchev–Trinajstić information content (AvgIpc) is 2.95. The summed E-state index contributed by atoms with van der Waals surface area (Å²) < 4.78 is 0. The highest BCUT2D eigenvalue weighted by molar-refractivity contribution is 5.59. The predicted molar refractivity (Wildman–Crippen MR) is 74.6 cm³/mol. The highest BCUT2D eigenvalue weighted by Crippen LogP contribution is 2.40. The molecule has 100 valence electrons. The number of nitrogen functional groups attached to an aromatic ring is 1. The van der Waals surface area contributed by atoms with Crippen molar-refractivity contribution in [2.45, 2.75) is 25.4 Å². The van der Waals surface area contributed by atoms with Crippen LogP contribution in [0.4, 0.5) is 11.4 Å². The van der Waals surface area contributed by atoms with Gasteiger partial charge >= 0.3 is 0 Å². The second kappa shape index (κ2) is 4.75. The van der Waals surface area contributed by atoms with E-state index >= 15 is 0 Å². The Kier molecular flexibility index (Phi) is 3.08. The third kappa shape index (κ3) is 2.15. The number of aliphatic hydroxyl groups excluding tert-OH is 1. The number of benzene rings is 1. The van der Waals surface area contributed by atoms with Crippen molar-refractivity contribution in [1.29, 1.82) is 5.26 Å². The Hall–Kier alpha value is -1.73. The maximum Gasteiger partial charge on any atom is 0.0670 e. The molecule has 3 unspecified atom stereocenters. The number of aliphatic hydroxyl groups is 1. The summed E-state index contributed by atoms with van der Waals surface area (Å²) >= 11 is 0. The highest BCUT2D eigenvalue weighted by atomic mass is 16.3. The first-order valence-corrected chi connectivity index (χ1v) is 6.87. The molecule has 4 heteroatoms. The second-order valence-corrected chi connectivity index (χ2v) is 5.69. The van der Waals surface area contributed by atoms with Gasteiger partial charge in [-0.25, -0.2) is 0 Å². The molecule has 1 aromatic rings. The Balaban J connectivity index is 1.81. The molecule has 1 saturated heterocycles. The van der Waals surface area contributed by atoms with Gasteiger partial charge in [0.1, 0.15) is 0 Å². The van der Waals surface area contributed by atoms with Crippen LogP contribution in [0.3, 0.4) is 0 Å². The van der Waals surface area contributed by atoms with Gasteiger partial charge in [-0.15, -0.1) is 0 Å². The van der Waals surface area contributed by atoms with Crippen LogP contribution in [-0.4, -0.2) is 24.3 Å². The topological polar surface area (TPSA) is 73.3 Å². The van der Waals surface area contributed by atoms with Crippen LogP contribution < -0.4 is 10.6 Å². The molecule has 1 heterocycles. The molecule has 3 N–H and O–H groups in total. The molecule has 3 rings (SSSR count). The van der Waals surface area contributed by atoms with Gasteiger partial charge in [0.2, 0.25) is 0 Å². The van der Waals surface area contributed by atoms with Crippen molar-refractivity contribution in [2.24, 2.45) is 11.8 Å². The number of hydrogen-bond donors (Lipinski definition) is 2. The first-order valence-electron chi connectivity index (χ1n) is 6.87. The van der Waals surface area contributed by atoms with E-state index in [2.05, 4.69) is 11.0 Å². The third-order valence-electron chi connectivity index (χ3n) is 4.58. The summed E-state index contributed by atoms with van der Waals surface area (Å²) in [6, 6.07) is 8.07. The van der Waals surface area contributed by atoms with Crippen LogP contribution in [0.1, 0.15) is 18.4 Å². The Morgan fingerprint density at radius 2 is 2.21 bits per heavy atom. The summed E-state index contributed by atoms with van der Waals surface area (Å²) in [4.78, 5) is 2.32. The van der Waals surface area contributed by atoms with E-state index in [9.17, 15) is 5.11 Å². The Morgan fingerprint density at radius 3 is 2.95 bits per heavy atom. The van der Waals surface area contributed by atoms with E-state index in [1.807, 2.05) is 18.2 Å². The van der Waals surface area contributed by atoms with Crippen LogP contribution in [-0.2, 0) is 6.42 Å². The maximum atomic E-state index is 9.96. The SMILES string of the molecule is N#CCc1cc(N2CC3CCC(O)C3C2)ccc1N. The van der Waals surface area contributed by atoms with Crippen LogP contribution in [0.2, 0.25) is 0 Å². The van der Waals surface area contributed by atoms with E-state index in [0.29, 0.717) is 23.9 Å². The number of nitriles is 1. The molecule has 19 heavy (non-hydrogen) atoms. The van der Waals surface area contributed by atoms with Crippen molar-refractivity contribution < 1.29 is 5.11 Å². The maximum absolute atomic E-state index is 9.96. The average molecular weight is 257 g/mol. The third-order valence-corrected chi connectivity index (χ3v) is 4.58. The molecule has 0 amide bonds. The van der Waals surface area contributed by atoms with E-state index in [1.54, 1.807) is 0 Å². The van der Waals surface area contributed by atoms with Gasteiger partial charge in [-0.1, -0.05) is 0 Å². The summed E-state index contributed by atoms with van der Waals surface area (Å²) in [6.45, 7) is 1.93. The Bertz CT molecular complexity index is 523. The van der Waals surface area contributed by atoms with Gasteiger partial charge in [-0.3, -0.25) is 0 Å². The van der Waals surface area contributed by atoms with Crippen molar-refractivity contribution in [3.05, 3.63) is 23.8 Å². The van der Waals surface area contributed by atoms with E-state index in [0.717, 1.165) is 37.2 Å². The summed E-state index contributed by atoms with van der Waals surface area (Å²) in [5, 5.41) is 18.8. The van der Waals surface area contributed by atoms with E-state index in [-0.39, 0.29) is 6.10 Å². The molecular weight excluding hydrogens is 238 g/mol. The van der Waals surface area contributed by atoms with Crippen molar-refractivity contribution in [2.75, 3.05) is 23.7 Å². The van der Waals surface area contributed by atoms with E-state index in [4.69, 9.17) is 11.0 Å². The van der Waals surface area contributed by atoms with Crippen LogP contribution in [0.25, 0.3) is 0 Å². The summed E-state index contributed by atoms with van der Waals surface area (Å²) in [6.07, 6.45) is 2.29. The number of hydrogen-bond acceptors (Lipinski definition) is 4. The first kappa shape index (κ1) is 12.3. The number of rotatable bonds is 2. The molecule has 0 bridgehead atoms. The molecule has 2 fully saturated rings. The lowest BCUT2D eigenvalue weighted by Crippen LogP contribution is -2.24. The molecule has 4 nitrogen and oxygen atoms in total. The fourth-order valence-corrected chi connectivity index (χ4v) is 3.47. The lowest BCUT2D eigenvalue weighted by atomic mass is 10.00. The van der Waals surface area contributed by atoms with Gasteiger partial charge in [0.25, 0.3) is 0 Å². The second-order valence-electron chi connectivity index (χ2n) is 5.69. The van der Waals surface area contributed by atoms with Gasteiger partial charge in [-0.2, -0.15) is 5.26 Å². The highest BCUT2D eigenvalue weighted by Gasteiger charge is 2.41. The quantitative estimate of drug-likeness (QED) is 0.788. The van der Waals surface area contributed by atoms with Crippen LogP contribution in [0.5, 0.6) is 0 Å². The number of fused-ring (bicyclic) bond motifs is 1. The van der Waals surface area contributed by atoms with Gasteiger partial charge in [0.15, 0.2) is 0 Å². The summed E-state index contributed by atoms with van der Waals surface area (Å²) in [5.41, 5.74) is 8.59. The minimum absolute atomic E-state index is 0.137. The molecule has 1 aliphatic carbocycles. The smallest absolute Gasteiger partial charge is 0.0670 e. The molecule has 1 aliphatic heterocycles. The lowest BCUT2D eigenvalue weighted by molar-refractivity contribution is 0.133. The predicted octanol–water partition coefficient (Wildman–Crippen LogP) is 1.54. The first-order chi connectivity index (χ1) is 9.19. The van der Waals surface area contributed by atoms with Crippen LogP contribution in [0.15, 0.2) is 18.2 Å². The summed E-state index contributed by atoms with van der Waals surface area (Å²) in [5.74, 6) is 1.03. The molecule has 2 aliphatic rings. The normalized spacial score (nSPS) is 29.3. The fourth-order valence-electron chi connectivity index (χ4n) is 3.47. The minimum atomic E-state index is -0.137. The minimum Gasteiger partial charge on any atom is -0.398 e. The standard InChI is InChI=1S/C15H19N3O/c16-6-5-10-7-12(2-3-14(10)17)18-8-11-1-4-15(19)13(11)9-18/h2-3,7,11,13,15,19H,1,4-5,8-9,17H2. The van der Waals surface area contributed by atoms with Gasteiger partial charge in [0.05, 0.1) is 18.6 Å². The van der Waals surface area contributed by atoms with Crippen molar-refractivity contribution >= 4 is 11.4 Å². The lowest BCUT2D eigenvalue weighted by Gasteiger charge is -2.21. The van der Waals surface area contributed by atoms with Gasteiger partial charge in [0, 0.05) is 30.4 Å². The molecule has 3 atom stereocenters.